The molecule has 0 unspecified atom stereocenters. The molecule has 0 spiro atoms. The van der Waals surface area contributed by atoms with Crippen LogP contribution in [-0.4, -0.2) is 18.0 Å². The number of rotatable bonds is 2. The Balaban J connectivity index is 1.80. The fraction of sp³-hybridized carbons (Fsp3) is 0.429. The number of nitrogens with zero attached hydrogens (tertiary/aromatic N) is 1. The number of halogens is 1. The van der Waals surface area contributed by atoms with Gasteiger partial charge in [0.1, 0.15) is 0 Å². The van der Waals surface area contributed by atoms with Crippen LogP contribution in [-0.2, 0) is 6.54 Å². The highest BCUT2D eigenvalue weighted by Gasteiger charge is 2.12. The normalized spacial score (nSPS) is 17.7. The van der Waals surface area contributed by atoms with E-state index >= 15 is 0 Å². The molecule has 1 aliphatic rings. The van der Waals surface area contributed by atoms with Crippen LogP contribution < -0.4 is 0 Å². The van der Waals surface area contributed by atoms with Crippen molar-refractivity contribution in [1.29, 1.82) is 0 Å². The lowest BCUT2D eigenvalue weighted by Gasteiger charge is -2.25. The summed E-state index contributed by atoms with van der Waals surface area (Å²) >= 11 is 7.91. The van der Waals surface area contributed by atoms with E-state index in [4.69, 9.17) is 11.6 Å². The lowest BCUT2D eigenvalue weighted by Crippen LogP contribution is -2.28. The smallest absolute Gasteiger partial charge is 0.0412 e. The summed E-state index contributed by atoms with van der Waals surface area (Å²) in [4.78, 5) is 4.03. The monoisotopic (exact) mass is 265 g/mol. The molecule has 3 heteroatoms. The average molecular weight is 266 g/mol. The number of thiophene rings is 1. The summed E-state index contributed by atoms with van der Waals surface area (Å²) in [5.41, 5.74) is 0. The van der Waals surface area contributed by atoms with Crippen LogP contribution in [0.3, 0.4) is 0 Å². The highest BCUT2D eigenvalue weighted by Crippen LogP contribution is 2.29. The van der Waals surface area contributed by atoms with Gasteiger partial charge in [0.25, 0.3) is 0 Å². The van der Waals surface area contributed by atoms with Gasteiger partial charge < -0.3 is 0 Å². The fourth-order valence-electron chi connectivity index (χ4n) is 2.49. The summed E-state index contributed by atoms with van der Waals surface area (Å²) in [6.45, 7) is 3.63. The van der Waals surface area contributed by atoms with Gasteiger partial charge in [0.05, 0.1) is 0 Å². The molecule has 3 rings (SSSR count). The zero-order valence-corrected chi connectivity index (χ0v) is 11.4. The van der Waals surface area contributed by atoms with Gasteiger partial charge in [-0.3, -0.25) is 4.90 Å². The first kappa shape index (κ1) is 11.5. The molecule has 1 aromatic carbocycles. The van der Waals surface area contributed by atoms with Crippen LogP contribution >= 0.6 is 22.9 Å². The molecule has 0 radical (unpaired) electrons. The second kappa shape index (κ2) is 4.97. The lowest BCUT2D eigenvalue weighted by molar-refractivity contribution is 0.223. The molecule has 17 heavy (non-hydrogen) atoms. The summed E-state index contributed by atoms with van der Waals surface area (Å²) in [7, 11) is 0. The molecule has 0 aliphatic carbocycles. The SMILES string of the molecule is Clc1ccc2sc(CN3CCCCC3)cc2c1. The van der Waals surface area contributed by atoms with Crippen LogP contribution in [0.1, 0.15) is 24.1 Å². The number of likely N-dealkylation sites (tertiary alicyclic amines) is 1. The fourth-order valence-corrected chi connectivity index (χ4v) is 3.75. The first-order valence-electron chi connectivity index (χ1n) is 6.21. The highest BCUT2D eigenvalue weighted by molar-refractivity contribution is 7.19. The minimum atomic E-state index is 0.833. The molecular formula is C14H16ClNS. The second-order valence-electron chi connectivity index (χ2n) is 4.73. The molecule has 1 fully saturated rings. The van der Waals surface area contributed by atoms with Crippen molar-refractivity contribution < 1.29 is 0 Å². The Morgan fingerprint density at radius 3 is 2.76 bits per heavy atom. The van der Waals surface area contributed by atoms with Gasteiger partial charge in [-0.15, -0.1) is 11.3 Å². The molecular weight excluding hydrogens is 250 g/mol. The zero-order chi connectivity index (χ0) is 11.7. The maximum Gasteiger partial charge on any atom is 0.0412 e. The summed E-state index contributed by atoms with van der Waals surface area (Å²) in [5.74, 6) is 0. The minimum absolute atomic E-state index is 0.833. The number of fused-ring (bicyclic) bond motifs is 1. The summed E-state index contributed by atoms with van der Waals surface area (Å²) in [6, 6.07) is 8.46. The summed E-state index contributed by atoms with van der Waals surface area (Å²) in [6.07, 6.45) is 4.12. The zero-order valence-electron chi connectivity index (χ0n) is 9.79. The van der Waals surface area contributed by atoms with Crippen LogP contribution in [0.4, 0.5) is 0 Å². The Bertz CT molecular complexity index is 514. The summed E-state index contributed by atoms with van der Waals surface area (Å²) in [5, 5.41) is 2.12. The molecule has 0 bridgehead atoms. The Hall–Kier alpha value is -0.570. The predicted octanol–water partition coefficient (Wildman–Crippen LogP) is 4.54. The maximum atomic E-state index is 6.01. The third-order valence-electron chi connectivity index (χ3n) is 3.36. The van der Waals surface area contributed by atoms with Crippen molar-refractivity contribution in [3.8, 4) is 0 Å². The van der Waals surface area contributed by atoms with E-state index in [0.29, 0.717) is 0 Å². The Morgan fingerprint density at radius 2 is 1.94 bits per heavy atom. The summed E-state index contributed by atoms with van der Waals surface area (Å²) < 4.78 is 1.35. The van der Waals surface area contributed by atoms with Gasteiger partial charge in [0.2, 0.25) is 0 Å². The molecule has 0 atom stereocenters. The van der Waals surface area contributed by atoms with E-state index in [1.807, 2.05) is 17.4 Å². The van der Waals surface area contributed by atoms with Crippen LogP contribution in [0.5, 0.6) is 0 Å². The molecule has 1 aliphatic heterocycles. The van der Waals surface area contributed by atoms with Crippen molar-refractivity contribution in [1.82, 2.24) is 4.90 Å². The van der Waals surface area contributed by atoms with Crippen molar-refractivity contribution in [2.24, 2.45) is 0 Å². The highest BCUT2D eigenvalue weighted by atomic mass is 35.5. The maximum absolute atomic E-state index is 6.01. The van der Waals surface area contributed by atoms with Crippen LogP contribution in [0.25, 0.3) is 10.1 Å². The molecule has 1 saturated heterocycles. The van der Waals surface area contributed by atoms with E-state index in [1.165, 1.54) is 47.3 Å². The predicted molar refractivity (Wildman–Crippen MR) is 76.0 cm³/mol. The number of hydrogen-bond donors (Lipinski definition) is 0. The average Bonchev–Trinajstić information content (AvgIpc) is 2.71. The van der Waals surface area contributed by atoms with E-state index in [0.717, 1.165) is 11.6 Å². The minimum Gasteiger partial charge on any atom is -0.298 e. The lowest BCUT2D eigenvalue weighted by atomic mass is 10.1. The molecule has 0 N–H and O–H groups in total. The van der Waals surface area contributed by atoms with Crippen LogP contribution in [0.15, 0.2) is 24.3 Å². The molecule has 1 nitrogen and oxygen atoms in total. The van der Waals surface area contributed by atoms with E-state index in [2.05, 4.69) is 23.1 Å². The number of piperidine rings is 1. The van der Waals surface area contributed by atoms with Gasteiger partial charge in [-0.2, -0.15) is 0 Å². The van der Waals surface area contributed by atoms with Crippen molar-refractivity contribution >= 4 is 33.0 Å². The van der Waals surface area contributed by atoms with Gasteiger partial charge in [0.15, 0.2) is 0 Å². The van der Waals surface area contributed by atoms with E-state index in [-0.39, 0.29) is 0 Å². The quantitative estimate of drug-likeness (QED) is 0.771. The van der Waals surface area contributed by atoms with Gasteiger partial charge in [0, 0.05) is 21.1 Å². The molecule has 90 valence electrons. The third kappa shape index (κ3) is 2.65. The standard InChI is InChI=1S/C14H16ClNS/c15-12-4-5-14-11(8-12)9-13(17-14)10-16-6-2-1-3-7-16/h4-5,8-9H,1-3,6-7,10H2. The van der Waals surface area contributed by atoms with Crippen molar-refractivity contribution in [3.63, 3.8) is 0 Å². The Morgan fingerprint density at radius 1 is 1.12 bits per heavy atom. The van der Waals surface area contributed by atoms with Crippen molar-refractivity contribution in [2.75, 3.05) is 13.1 Å². The van der Waals surface area contributed by atoms with Crippen molar-refractivity contribution in [3.05, 3.63) is 34.2 Å². The van der Waals surface area contributed by atoms with Crippen LogP contribution in [0, 0.1) is 0 Å². The van der Waals surface area contributed by atoms with Crippen LogP contribution in [0.2, 0.25) is 5.02 Å². The second-order valence-corrected chi connectivity index (χ2v) is 6.34. The van der Waals surface area contributed by atoms with Gasteiger partial charge in [-0.25, -0.2) is 0 Å². The molecule has 0 amide bonds. The van der Waals surface area contributed by atoms with Gasteiger partial charge in [-0.05, 0) is 55.6 Å². The number of benzene rings is 1. The molecule has 1 aromatic heterocycles. The van der Waals surface area contributed by atoms with Gasteiger partial charge in [-0.1, -0.05) is 18.0 Å². The molecule has 2 heterocycles. The Labute approximate surface area is 111 Å². The number of hydrogen-bond acceptors (Lipinski definition) is 2. The largest absolute Gasteiger partial charge is 0.298 e. The Kier molecular flexibility index (Phi) is 3.37. The topological polar surface area (TPSA) is 3.24 Å². The van der Waals surface area contributed by atoms with E-state index in [9.17, 15) is 0 Å². The third-order valence-corrected chi connectivity index (χ3v) is 4.69. The van der Waals surface area contributed by atoms with Crippen molar-refractivity contribution in [2.45, 2.75) is 25.8 Å². The molecule has 0 saturated carbocycles. The van der Waals surface area contributed by atoms with Gasteiger partial charge >= 0.3 is 0 Å². The van der Waals surface area contributed by atoms with E-state index < -0.39 is 0 Å². The first-order valence-corrected chi connectivity index (χ1v) is 7.41. The molecule has 2 aromatic rings. The van der Waals surface area contributed by atoms with E-state index in [1.54, 1.807) is 0 Å². The first-order chi connectivity index (χ1) is 8.31.